The molecule has 6 heteroatoms. The van der Waals surface area contributed by atoms with Crippen molar-refractivity contribution < 1.29 is 14.3 Å². The van der Waals surface area contributed by atoms with Crippen LogP contribution in [0.1, 0.15) is 38.9 Å². The maximum absolute atomic E-state index is 12.7. The van der Waals surface area contributed by atoms with Gasteiger partial charge in [-0.2, -0.15) is 0 Å². The highest BCUT2D eigenvalue weighted by Gasteiger charge is 2.38. The van der Waals surface area contributed by atoms with Gasteiger partial charge in [0.05, 0.1) is 24.7 Å². The number of carbonyl (C=O) groups excluding carboxylic acids is 1. The van der Waals surface area contributed by atoms with Gasteiger partial charge in [-0.25, -0.2) is 4.98 Å². The second-order valence-corrected chi connectivity index (χ2v) is 8.69. The molecule has 1 aromatic heterocycles. The Hall–Kier alpha value is -3.02. The van der Waals surface area contributed by atoms with Crippen LogP contribution in [0.4, 0.5) is 0 Å². The van der Waals surface area contributed by atoms with E-state index in [4.69, 9.17) is 14.5 Å². The van der Waals surface area contributed by atoms with E-state index in [1.54, 1.807) is 7.11 Å². The summed E-state index contributed by atoms with van der Waals surface area (Å²) < 4.78 is 13.6. The third-order valence-corrected chi connectivity index (χ3v) is 5.63. The van der Waals surface area contributed by atoms with Crippen LogP contribution in [0, 0.1) is 0 Å². The lowest BCUT2D eigenvalue weighted by Gasteiger charge is -2.32. The molecule has 3 aromatic rings. The minimum Gasteiger partial charge on any atom is -0.493 e. The summed E-state index contributed by atoms with van der Waals surface area (Å²) in [5, 5.41) is 0. The summed E-state index contributed by atoms with van der Waals surface area (Å²) in [5.41, 5.74) is 1.83. The average molecular weight is 408 g/mol. The first-order valence-electron chi connectivity index (χ1n) is 10.4. The predicted molar refractivity (Wildman–Crippen MR) is 117 cm³/mol. The third kappa shape index (κ3) is 3.86. The molecule has 30 heavy (non-hydrogen) atoms. The van der Waals surface area contributed by atoms with Gasteiger partial charge < -0.3 is 18.9 Å². The quantitative estimate of drug-likeness (QED) is 0.613. The fraction of sp³-hybridized carbons (Fsp3) is 0.417. The fourth-order valence-electron chi connectivity index (χ4n) is 4.15. The summed E-state index contributed by atoms with van der Waals surface area (Å²) in [4.78, 5) is 19.5. The number of carbonyl (C=O) groups is 1. The topological polar surface area (TPSA) is 56.6 Å². The van der Waals surface area contributed by atoms with E-state index >= 15 is 0 Å². The van der Waals surface area contributed by atoms with E-state index in [1.807, 2.05) is 47.4 Å². The van der Waals surface area contributed by atoms with Crippen molar-refractivity contribution in [2.45, 2.75) is 45.2 Å². The van der Waals surface area contributed by atoms with Crippen LogP contribution in [-0.2, 0) is 11.3 Å². The lowest BCUT2D eigenvalue weighted by atomic mass is 10.1. The van der Waals surface area contributed by atoms with Crippen molar-refractivity contribution in [2.24, 2.45) is 0 Å². The van der Waals surface area contributed by atoms with Crippen molar-refractivity contribution in [2.75, 3.05) is 20.3 Å². The summed E-state index contributed by atoms with van der Waals surface area (Å²) in [6.45, 7) is 8.07. The number of fused-ring (bicyclic) bond motifs is 1. The molecule has 0 spiro atoms. The van der Waals surface area contributed by atoms with Crippen molar-refractivity contribution in [3.8, 4) is 11.5 Å². The van der Waals surface area contributed by atoms with Crippen molar-refractivity contribution in [1.29, 1.82) is 0 Å². The highest BCUT2D eigenvalue weighted by atomic mass is 16.5. The summed E-state index contributed by atoms with van der Waals surface area (Å²) >= 11 is 0. The Labute approximate surface area is 177 Å². The number of aromatic nitrogens is 2. The lowest BCUT2D eigenvalue weighted by molar-refractivity contribution is -0.131. The number of benzene rings is 2. The monoisotopic (exact) mass is 407 g/mol. The van der Waals surface area contributed by atoms with Crippen molar-refractivity contribution in [1.82, 2.24) is 14.5 Å². The van der Waals surface area contributed by atoms with E-state index < -0.39 is 0 Å². The van der Waals surface area contributed by atoms with E-state index in [0.717, 1.165) is 28.4 Å². The molecule has 1 saturated heterocycles. The Morgan fingerprint density at radius 3 is 2.47 bits per heavy atom. The van der Waals surface area contributed by atoms with Crippen LogP contribution >= 0.6 is 0 Å². The van der Waals surface area contributed by atoms with Gasteiger partial charge in [-0.1, -0.05) is 24.3 Å². The number of amides is 1. The smallest absolute Gasteiger partial charge is 0.223 e. The molecular weight excluding hydrogens is 378 g/mol. The van der Waals surface area contributed by atoms with E-state index in [9.17, 15) is 4.79 Å². The van der Waals surface area contributed by atoms with Crippen LogP contribution in [0.2, 0.25) is 0 Å². The zero-order chi connectivity index (χ0) is 21.3. The minimum absolute atomic E-state index is 0.0791. The van der Waals surface area contributed by atoms with Crippen molar-refractivity contribution in [3.05, 3.63) is 54.4 Å². The zero-order valence-corrected chi connectivity index (χ0v) is 18.1. The number of likely N-dealkylation sites (tertiary alicyclic amines) is 1. The summed E-state index contributed by atoms with van der Waals surface area (Å²) in [5.74, 6) is 2.67. The molecule has 0 saturated carbocycles. The molecule has 0 radical (unpaired) electrons. The highest BCUT2D eigenvalue weighted by Crippen LogP contribution is 2.34. The number of ether oxygens (including phenoxy) is 2. The zero-order valence-electron chi connectivity index (χ0n) is 18.1. The van der Waals surface area contributed by atoms with Crippen molar-refractivity contribution in [3.63, 3.8) is 0 Å². The second-order valence-electron chi connectivity index (χ2n) is 8.69. The molecule has 0 N–H and O–H groups in total. The number of hydrogen-bond donors (Lipinski definition) is 0. The number of rotatable bonds is 6. The van der Waals surface area contributed by atoms with Gasteiger partial charge >= 0.3 is 0 Å². The molecule has 4 rings (SSSR count). The number of para-hydroxylation sites is 4. The Morgan fingerprint density at radius 1 is 1.07 bits per heavy atom. The molecule has 1 fully saturated rings. The first-order chi connectivity index (χ1) is 14.4. The number of nitrogens with zero attached hydrogens (tertiary/aromatic N) is 3. The van der Waals surface area contributed by atoms with Gasteiger partial charge in [0.2, 0.25) is 5.91 Å². The van der Waals surface area contributed by atoms with E-state index in [2.05, 4.69) is 31.4 Å². The van der Waals surface area contributed by atoms with Gasteiger partial charge in [-0.3, -0.25) is 4.79 Å². The van der Waals surface area contributed by atoms with Gasteiger partial charge in [0.1, 0.15) is 12.4 Å². The lowest BCUT2D eigenvalue weighted by Crippen LogP contribution is -2.42. The Balaban J connectivity index is 1.59. The standard InChI is InChI=1S/C24H29N3O3/c1-24(2,3)27-16-17(15-22(27)28)23-25-18-9-5-6-10-19(18)26(23)13-14-30-21-12-8-7-11-20(21)29-4/h5-12,17H,13-16H2,1-4H3/t17-/m0/s1. The second kappa shape index (κ2) is 8.01. The maximum atomic E-state index is 12.7. The highest BCUT2D eigenvalue weighted by molar-refractivity contribution is 5.81. The van der Waals surface area contributed by atoms with Gasteiger partial charge in [-0.15, -0.1) is 0 Å². The first kappa shape index (κ1) is 20.3. The summed E-state index contributed by atoms with van der Waals surface area (Å²) in [6, 6.07) is 15.8. The number of imidazole rings is 1. The van der Waals surface area contributed by atoms with Gasteiger partial charge in [-0.05, 0) is 45.0 Å². The Kier molecular flexibility index (Phi) is 5.41. The molecule has 0 aliphatic carbocycles. The maximum Gasteiger partial charge on any atom is 0.223 e. The molecule has 2 heterocycles. The SMILES string of the molecule is COc1ccccc1OCCn1c([C@H]2CC(=O)N(C(C)(C)C)C2)nc2ccccc21. The predicted octanol–water partition coefficient (Wildman–Crippen LogP) is 4.24. The molecule has 1 amide bonds. The van der Waals surface area contributed by atoms with Crippen LogP contribution in [0.3, 0.4) is 0 Å². The molecule has 6 nitrogen and oxygen atoms in total. The van der Waals surface area contributed by atoms with Gasteiger partial charge in [0.15, 0.2) is 11.5 Å². The van der Waals surface area contributed by atoms with Gasteiger partial charge in [0.25, 0.3) is 0 Å². The Bertz CT molecular complexity index is 1050. The third-order valence-electron chi connectivity index (χ3n) is 5.63. The normalized spacial score (nSPS) is 17.0. The fourth-order valence-corrected chi connectivity index (χ4v) is 4.15. The van der Waals surface area contributed by atoms with Crippen LogP contribution in [-0.4, -0.2) is 46.2 Å². The van der Waals surface area contributed by atoms with Crippen LogP contribution in [0.5, 0.6) is 11.5 Å². The van der Waals surface area contributed by atoms with Crippen molar-refractivity contribution >= 4 is 16.9 Å². The van der Waals surface area contributed by atoms with E-state index in [1.165, 1.54) is 0 Å². The molecule has 1 aliphatic rings. The van der Waals surface area contributed by atoms with Crippen LogP contribution in [0.25, 0.3) is 11.0 Å². The Morgan fingerprint density at radius 2 is 1.77 bits per heavy atom. The molecule has 0 unspecified atom stereocenters. The van der Waals surface area contributed by atoms with Gasteiger partial charge in [0, 0.05) is 24.4 Å². The first-order valence-corrected chi connectivity index (χ1v) is 10.4. The molecular formula is C24H29N3O3. The summed E-state index contributed by atoms with van der Waals surface area (Å²) in [7, 11) is 1.64. The van der Waals surface area contributed by atoms with Crippen LogP contribution in [0.15, 0.2) is 48.5 Å². The molecule has 1 aliphatic heterocycles. The largest absolute Gasteiger partial charge is 0.493 e. The number of methoxy groups -OCH3 is 1. The number of hydrogen-bond acceptors (Lipinski definition) is 4. The summed E-state index contributed by atoms with van der Waals surface area (Å²) in [6.07, 6.45) is 0.494. The van der Waals surface area contributed by atoms with E-state index in [-0.39, 0.29) is 17.4 Å². The molecule has 0 bridgehead atoms. The molecule has 1 atom stereocenters. The van der Waals surface area contributed by atoms with Crippen LogP contribution < -0.4 is 9.47 Å². The molecule has 2 aromatic carbocycles. The minimum atomic E-state index is -0.185. The van der Waals surface area contributed by atoms with E-state index in [0.29, 0.717) is 26.1 Å². The average Bonchev–Trinajstić information content (AvgIpc) is 3.29. The molecule has 158 valence electrons.